The highest BCUT2D eigenvalue weighted by Crippen LogP contribution is 2.24. The molecule has 3 rings (SSSR count). The maximum atomic E-state index is 12.4. The number of nitrogens with zero attached hydrogens (tertiary/aromatic N) is 1. The second kappa shape index (κ2) is 7.21. The third-order valence-corrected chi connectivity index (χ3v) is 4.16. The molecule has 0 aromatic heterocycles. The minimum atomic E-state index is -0.158. The fourth-order valence-electron chi connectivity index (χ4n) is 2.48. The monoisotopic (exact) mass is 350 g/mol. The molecule has 1 unspecified atom stereocenters. The van der Waals surface area contributed by atoms with Crippen molar-refractivity contribution in [3.8, 4) is 0 Å². The Labute approximate surface area is 144 Å². The van der Waals surface area contributed by atoms with Crippen molar-refractivity contribution in [1.82, 2.24) is 4.90 Å². The minimum absolute atomic E-state index is 0.147. The van der Waals surface area contributed by atoms with Gasteiger partial charge in [0.25, 0.3) is 0 Å². The van der Waals surface area contributed by atoms with Crippen molar-refractivity contribution in [2.45, 2.75) is 6.10 Å². The van der Waals surface area contributed by atoms with Gasteiger partial charge in [0.15, 0.2) is 0 Å². The van der Waals surface area contributed by atoms with Crippen LogP contribution in [0.15, 0.2) is 48.5 Å². The highest BCUT2D eigenvalue weighted by molar-refractivity contribution is 6.31. The lowest BCUT2D eigenvalue weighted by Gasteiger charge is -2.33. The number of ether oxygens (including phenoxy) is 1. The molecule has 120 valence electrons. The van der Waals surface area contributed by atoms with E-state index in [9.17, 15) is 4.79 Å². The molecule has 1 aliphatic heterocycles. The van der Waals surface area contributed by atoms with Gasteiger partial charge in [0.2, 0.25) is 0 Å². The summed E-state index contributed by atoms with van der Waals surface area (Å²) in [5, 5.41) is 4.13. The van der Waals surface area contributed by atoms with Crippen LogP contribution in [-0.4, -0.2) is 30.6 Å². The molecule has 0 aliphatic carbocycles. The van der Waals surface area contributed by atoms with Gasteiger partial charge < -0.3 is 15.0 Å². The molecule has 1 heterocycles. The lowest BCUT2D eigenvalue weighted by Crippen LogP contribution is -2.44. The van der Waals surface area contributed by atoms with Crippen molar-refractivity contribution in [2.24, 2.45) is 0 Å². The number of urea groups is 1. The van der Waals surface area contributed by atoms with Crippen LogP contribution in [0.1, 0.15) is 11.7 Å². The number of morpholine rings is 1. The largest absolute Gasteiger partial charge is 0.370 e. The lowest BCUT2D eigenvalue weighted by atomic mass is 10.1. The predicted molar refractivity (Wildman–Crippen MR) is 92.2 cm³/mol. The fourth-order valence-corrected chi connectivity index (χ4v) is 2.80. The molecular weight excluding hydrogens is 335 g/mol. The molecule has 1 fully saturated rings. The van der Waals surface area contributed by atoms with Gasteiger partial charge in [-0.25, -0.2) is 4.79 Å². The normalized spacial score (nSPS) is 17.8. The molecule has 2 aromatic rings. The summed E-state index contributed by atoms with van der Waals surface area (Å²) in [5.41, 5.74) is 1.69. The maximum Gasteiger partial charge on any atom is 0.322 e. The van der Waals surface area contributed by atoms with Crippen LogP contribution in [0.5, 0.6) is 0 Å². The molecule has 2 aromatic carbocycles. The molecule has 0 radical (unpaired) electrons. The van der Waals surface area contributed by atoms with Gasteiger partial charge in [0, 0.05) is 22.3 Å². The molecule has 23 heavy (non-hydrogen) atoms. The standard InChI is InChI=1S/C17H16Cl2N2O2/c18-13-6-4-12(5-7-13)16-11-21(8-9-23-16)17(22)20-15-3-1-2-14(19)10-15/h1-7,10,16H,8-9,11H2,(H,20,22). The summed E-state index contributed by atoms with van der Waals surface area (Å²) in [6.07, 6.45) is -0.147. The van der Waals surface area contributed by atoms with E-state index in [2.05, 4.69) is 5.32 Å². The third kappa shape index (κ3) is 4.16. The van der Waals surface area contributed by atoms with Gasteiger partial charge in [-0.15, -0.1) is 0 Å². The summed E-state index contributed by atoms with van der Waals surface area (Å²) in [7, 11) is 0. The van der Waals surface area contributed by atoms with E-state index in [1.165, 1.54) is 0 Å². The number of amides is 2. The molecule has 4 nitrogen and oxygen atoms in total. The number of hydrogen-bond acceptors (Lipinski definition) is 2. The summed E-state index contributed by atoms with van der Waals surface area (Å²) in [6.45, 7) is 1.54. The van der Waals surface area contributed by atoms with E-state index < -0.39 is 0 Å². The van der Waals surface area contributed by atoms with Gasteiger partial charge in [0.05, 0.1) is 13.2 Å². The van der Waals surface area contributed by atoms with Gasteiger partial charge >= 0.3 is 6.03 Å². The van der Waals surface area contributed by atoms with Gasteiger partial charge in [-0.05, 0) is 35.9 Å². The van der Waals surface area contributed by atoms with E-state index in [1.54, 1.807) is 29.2 Å². The SMILES string of the molecule is O=C(Nc1cccc(Cl)c1)N1CCOC(c2ccc(Cl)cc2)C1. The number of hydrogen-bond donors (Lipinski definition) is 1. The molecule has 1 N–H and O–H groups in total. The number of benzene rings is 2. The molecule has 6 heteroatoms. The number of anilines is 1. The van der Waals surface area contributed by atoms with Crippen LogP contribution in [0.2, 0.25) is 10.0 Å². The van der Waals surface area contributed by atoms with E-state index in [0.717, 1.165) is 5.56 Å². The molecule has 1 aliphatic rings. The Morgan fingerprint density at radius 3 is 2.65 bits per heavy atom. The molecule has 0 saturated carbocycles. The Hall–Kier alpha value is -1.75. The molecule has 1 saturated heterocycles. The molecular formula is C17H16Cl2N2O2. The Morgan fingerprint density at radius 2 is 1.91 bits per heavy atom. The second-order valence-corrected chi connectivity index (χ2v) is 6.17. The lowest BCUT2D eigenvalue weighted by molar-refractivity contribution is -0.0135. The van der Waals surface area contributed by atoms with Crippen molar-refractivity contribution in [3.05, 3.63) is 64.1 Å². The summed E-state index contributed by atoms with van der Waals surface area (Å²) in [6, 6.07) is 14.4. The zero-order valence-corrected chi connectivity index (χ0v) is 13.8. The highest BCUT2D eigenvalue weighted by atomic mass is 35.5. The summed E-state index contributed by atoms with van der Waals surface area (Å²) < 4.78 is 5.77. The van der Waals surface area contributed by atoms with E-state index in [-0.39, 0.29) is 12.1 Å². The zero-order chi connectivity index (χ0) is 16.2. The van der Waals surface area contributed by atoms with Crippen LogP contribution in [0.4, 0.5) is 10.5 Å². The Bertz CT molecular complexity index is 691. The second-order valence-electron chi connectivity index (χ2n) is 5.30. The first-order valence-corrected chi connectivity index (χ1v) is 8.06. The molecule has 2 amide bonds. The first-order valence-electron chi connectivity index (χ1n) is 7.30. The number of carbonyl (C=O) groups excluding carboxylic acids is 1. The topological polar surface area (TPSA) is 41.6 Å². The molecule has 0 bridgehead atoms. The smallest absolute Gasteiger partial charge is 0.322 e. The van der Waals surface area contributed by atoms with E-state index in [1.807, 2.05) is 24.3 Å². The van der Waals surface area contributed by atoms with Crippen LogP contribution in [0.3, 0.4) is 0 Å². The predicted octanol–water partition coefficient (Wildman–Crippen LogP) is 4.60. The van der Waals surface area contributed by atoms with Crippen LogP contribution in [0.25, 0.3) is 0 Å². The first-order chi connectivity index (χ1) is 11.1. The summed E-state index contributed by atoms with van der Waals surface area (Å²) in [5.74, 6) is 0. The van der Waals surface area contributed by atoms with Crippen LogP contribution in [-0.2, 0) is 4.74 Å². The van der Waals surface area contributed by atoms with Gasteiger partial charge in [-0.2, -0.15) is 0 Å². The third-order valence-electron chi connectivity index (χ3n) is 3.67. The zero-order valence-electron chi connectivity index (χ0n) is 12.3. The van der Waals surface area contributed by atoms with Gasteiger partial charge in [-0.1, -0.05) is 41.4 Å². The van der Waals surface area contributed by atoms with E-state index >= 15 is 0 Å². The minimum Gasteiger partial charge on any atom is -0.370 e. The average Bonchev–Trinajstić information content (AvgIpc) is 2.56. The number of carbonyl (C=O) groups is 1. The first kappa shape index (κ1) is 16.1. The number of rotatable bonds is 2. The van der Waals surface area contributed by atoms with E-state index in [0.29, 0.717) is 35.4 Å². The Morgan fingerprint density at radius 1 is 1.13 bits per heavy atom. The summed E-state index contributed by atoms with van der Waals surface area (Å²) >= 11 is 11.8. The Balaban J connectivity index is 1.65. The Kier molecular flexibility index (Phi) is 5.06. The fraction of sp³-hybridized carbons (Fsp3) is 0.235. The molecule has 0 spiro atoms. The number of halogens is 2. The van der Waals surface area contributed by atoms with Crippen molar-refractivity contribution in [3.63, 3.8) is 0 Å². The van der Waals surface area contributed by atoms with Gasteiger partial charge in [-0.3, -0.25) is 0 Å². The van der Waals surface area contributed by atoms with Crippen LogP contribution >= 0.6 is 23.2 Å². The average molecular weight is 351 g/mol. The summed E-state index contributed by atoms with van der Waals surface area (Å²) in [4.78, 5) is 14.1. The quantitative estimate of drug-likeness (QED) is 0.859. The molecule has 1 atom stereocenters. The van der Waals surface area contributed by atoms with Crippen molar-refractivity contribution in [2.75, 3.05) is 25.0 Å². The van der Waals surface area contributed by atoms with Crippen molar-refractivity contribution in [1.29, 1.82) is 0 Å². The van der Waals surface area contributed by atoms with E-state index in [4.69, 9.17) is 27.9 Å². The van der Waals surface area contributed by atoms with Crippen LogP contribution < -0.4 is 5.32 Å². The van der Waals surface area contributed by atoms with Crippen LogP contribution in [0, 0.1) is 0 Å². The van der Waals surface area contributed by atoms with Gasteiger partial charge in [0.1, 0.15) is 6.10 Å². The number of nitrogens with one attached hydrogen (secondary N) is 1. The van der Waals surface area contributed by atoms with Crippen molar-refractivity contribution < 1.29 is 9.53 Å². The van der Waals surface area contributed by atoms with Crippen molar-refractivity contribution >= 4 is 34.9 Å². The highest BCUT2D eigenvalue weighted by Gasteiger charge is 2.25. The maximum absolute atomic E-state index is 12.4.